The zero-order valence-electron chi connectivity index (χ0n) is 26.2. The normalized spacial score (nSPS) is 13.2. The fourth-order valence-corrected chi connectivity index (χ4v) is 6.69. The number of thioether (sulfide) groups is 1. The molecule has 0 aliphatic carbocycles. The molecule has 4 aromatic rings. The molecule has 0 spiro atoms. The van der Waals surface area contributed by atoms with Crippen molar-refractivity contribution < 1.29 is 34.1 Å². The van der Waals surface area contributed by atoms with Gasteiger partial charge in [0.15, 0.2) is 0 Å². The molecular weight excluding hydrogens is 656 g/mol. The van der Waals surface area contributed by atoms with E-state index in [0.717, 1.165) is 50.8 Å². The largest absolute Gasteiger partial charge is 0.493 e. The van der Waals surface area contributed by atoms with E-state index in [0.29, 0.717) is 37.6 Å². The van der Waals surface area contributed by atoms with E-state index < -0.39 is 30.3 Å². The number of benzene rings is 3. The lowest BCUT2D eigenvalue weighted by Crippen LogP contribution is -2.42. The van der Waals surface area contributed by atoms with E-state index in [9.17, 15) is 24.3 Å². The molecular formula is C35H35ClN4O7S. The highest BCUT2D eigenvalue weighted by Gasteiger charge is 2.25. The van der Waals surface area contributed by atoms with Gasteiger partial charge in [-0.3, -0.25) is 19.1 Å². The minimum absolute atomic E-state index is 0.0413. The third-order valence-electron chi connectivity index (χ3n) is 7.83. The van der Waals surface area contributed by atoms with Crippen molar-refractivity contribution in [1.29, 1.82) is 0 Å². The maximum absolute atomic E-state index is 13.5. The Balaban J connectivity index is 1.26. The van der Waals surface area contributed by atoms with E-state index in [-0.39, 0.29) is 11.5 Å². The molecule has 13 heteroatoms. The number of aliphatic carboxylic acids is 2. The Morgan fingerprint density at radius 3 is 2.67 bits per heavy atom. The van der Waals surface area contributed by atoms with E-state index in [2.05, 4.69) is 10.4 Å². The quantitative estimate of drug-likeness (QED) is 0.146. The molecule has 0 saturated carbocycles. The maximum atomic E-state index is 13.5. The number of fused-ring (bicyclic) bond motifs is 1. The smallest absolute Gasteiger partial charge is 0.326 e. The molecule has 1 unspecified atom stereocenters. The van der Waals surface area contributed by atoms with Gasteiger partial charge in [0.1, 0.15) is 11.8 Å². The predicted octanol–water partition coefficient (Wildman–Crippen LogP) is 5.91. The van der Waals surface area contributed by atoms with Crippen molar-refractivity contribution in [1.82, 2.24) is 15.1 Å². The molecule has 0 bridgehead atoms. The number of ether oxygens (including phenoxy) is 1. The summed E-state index contributed by atoms with van der Waals surface area (Å²) in [4.78, 5) is 51.4. The van der Waals surface area contributed by atoms with Gasteiger partial charge in [-0.05, 0) is 61.4 Å². The van der Waals surface area contributed by atoms with Crippen LogP contribution in [-0.4, -0.2) is 68.7 Å². The molecule has 0 fully saturated rings. The first-order valence-electron chi connectivity index (χ1n) is 15.4. The second-order valence-corrected chi connectivity index (χ2v) is 12.8. The van der Waals surface area contributed by atoms with E-state index in [1.165, 1.54) is 6.07 Å². The second kappa shape index (κ2) is 15.9. The lowest BCUT2D eigenvalue weighted by molar-refractivity contribution is -0.145. The van der Waals surface area contributed by atoms with Crippen molar-refractivity contribution in [2.75, 3.05) is 23.8 Å². The highest BCUT2D eigenvalue weighted by molar-refractivity contribution is 7.99. The Labute approximate surface area is 286 Å². The van der Waals surface area contributed by atoms with Crippen LogP contribution in [0.4, 0.5) is 5.69 Å². The zero-order chi connectivity index (χ0) is 34.2. The number of carboxylic acids is 2. The molecule has 3 N–H and O–H groups in total. The summed E-state index contributed by atoms with van der Waals surface area (Å²) >= 11 is 7.91. The molecule has 2 heterocycles. The minimum atomic E-state index is -1.55. The minimum Gasteiger partial charge on any atom is -0.493 e. The summed E-state index contributed by atoms with van der Waals surface area (Å²) in [6.45, 7) is 3.27. The number of hydrogen-bond acceptors (Lipinski definition) is 7. The number of nitrogens with zero attached hydrogens (tertiary/aromatic N) is 3. The lowest BCUT2D eigenvalue weighted by atomic mass is 10.1. The number of carboxylic acid groups (broad SMARTS) is 2. The van der Waals surface area contributed by atoms with Crippen LogP contribution >= 0.6 is 23.4 Å². The van der Waals surface area contributed by atoms with Crippen molar-refractivity contribution in [2.45, 2.75) is 50.1 Å². The molecule has 5 rings (SSSR count). The Morgan fingerprint density at radius 1 is 1.08 bits per heavy atom. The standard InChI is InChI=1S/C35H35ClN4O7S/c1-22-27(36)10-4-12-30(22)47-15-5-13-31(41)40-14-6-16-48-33-26(9-3-11-29(33)40)25-19-37-39(21-25)20-23-7-2-8-24(17-23)34(44)38-28(35(45)46)18-32(42)43/h2-4,7-12,17,19,21,28H,5-6,13-16,18,20H2,1H3,(H,38,44)(H,42,43)(H,45,46). The van der Waals surface area contributed by atoms with Crippen LogP contribution in [0, 0.1) is 6.92 Å². The monoisotopic (exact) mass is 690 g/mol. The maximum Gasteiger partial charge on any atom is 0.326 e. The van der Waals surface area contributed by atoms with Crippen LogP contribution in [-0.2, 0) is 20.9 Å². The molecule has 11 nitrogen and oxygen atoms in total. The predicted molar refractivity (Wildman–Crippen MR) is 183 cm³/mol. The first kappa shape index (κ1) is 34.5. The molecule has 0 radical (unpaired) electrons. The summed E-state index contributed by atoms with van der Waals surface area (Å²) in [6, 6.07) is 16.6. The summed E-state index contributed by atoms with van der Waals surface area (Å²) in [6.07, 6.45) is 4.71. The molecule has 2 amide bonds. The van der Waals surface area contributed by atoms with Crippen LogP contribution in [0.15, 0.2) is 78.0 Å². The van der Waals surface area contributed by atoms with Crippen LogP contribution in [0.3, 0.4) is 0 Å². The first-order valence-corrected chi connectivity index (χ1v) is 16.8. The van der Waals surface area contributed by atoms with Crippen LogP contribution in [0.25, 0.3) is 11.1 Å². The van der Waals surface area contributed by atoms with Gasteiger partial charge in [-0.2, -0.15) is 5.10 Å². The number of anilines is 1. The number of aromatic nitrogens is 2. The van der Waals surface area contributed by atoms with Crippen molar-refractivity contribution in [2.24, 2.45) is 0 Å². The Bertz CT molecular complexity index is 1830. The Hall–Kier alpha value is -4.81. The van der Waals surface area contributed by atoms with Gasteiger partial charge in [0.25, 0.3) is 5.91 Å². The zero-order valence-corrected chi connectivity index (χ0v) is 27.8. The van der Waals surface area contributed by atoms with Crippen LogP contribution in [0.1, 0.15) is 47.2 Å². The number of carbonyl (C=O) groups is 4. The third-order valence-corrected chi connectivity index (χ3v) is 9.45. The summed E-state index contributed by atoms with van der Waals surface area (Å²) < 4.78 is 7.63. The number of halogens is 1. The van der Waals surface area contributed by atoms with Crippen LogP contribution in [0.2, 0.25) is 5.02 Å². The highest BCUT2D eigenvalue weighted by Crippen LogP contribution is 2.41. The number of nitrogens with one attached hydrogen (secondary N) is 1. The molecule has 1 atom stereocenters. The molecule has 1 aliphatic rings. The molecule has 48 heavy (non-hydrogen) atoms. The average Bonchev–Trinajstić information content (AvgIpc) is 3.41. The first-order chi connectivity index (χ1) is 23.1. The van der Waals surface area contributed by atoms with E-state index in [1.807, 2.05) is 60.5 Å². The molecule has 1 aromatic heterocycles. The number of rotatable bonds is 13. The summed E-state index contributed by atoms with van der Waals surface area (Å²) in [5.74, 6) is -1.81. The SMILES string of the molecule is Cc1c(Cl)cccc1OCCCC(=O)N1CCCSc2c(-c3cnn(Cc4cccc(C(=O)NC(CC(=O)O)C(=O)O)c4)c3)cccc21. The van der Waals surface area contributed by atoms with Gasteiger partial charge in [0.05, 0.1) is 31.5 Å². The average molecular weight is 691 g/mol. The van der Waals surface area contributed by atoms with Crippen molar-refractivity contribution in [3.63, 3.8) is 0 Å². The van der Waals surface area contributed by atoms with Crippen molar-refractivity contribution in [3.05, 3.63) is 94.8 Å². The van der Waals surface area contributed by atoms with Crippen molar-refractivity contribution >= 4 is 52.8 Å². The van der Waals surface area contributed by atoms with E-state index >= 15 is 0 Å². The summed E-state index contributed by atoms with van der Waals surface area (Å²) in [7, 11) is 0. The fourth-order valence-electron chi connectivity index (χ4n) is 5.38. The lowest BCUT2D eigenvalue weighted by Gasteiger charge is -2.23. The number of amides is 2. The number of carbonyl (C=O) groups excluding carboxylic acids is 2. The van der Waals surface area contributed by atoms with Gasteiger partial charge in [-0.25, -0.2) is 4.79 Å². The number of hydrogen-bond donors (Lipinski definition) is 3. The molecule has 1 aliphatic heterocycles. The summed E-state index contributed by atoms with van der Waals surface area (Å²) in [5, 5.41) is 25.7. The van der Waals surface area contributed by atoms with Crippen molar-refractivity contribution in [3.8, 4) is 16.9 Å². The summed E-state index contributed by atoms with van der Waals surface area (Å²) in [5.41, 5.74) is 4.55. The van der Waals surface area contributed by atoms with Gasteiger partial charge in [0, 0.05) is 51.3 Å². The van der Waals surface area contributed by atoms with E-state index in [4.69, 9.17) is 21.4 Å². The second-order valence-electron chi connectivity index (χ2n) is 11.3. The fraction of sp³-hybridized carbons (Fsp3) is 0.286. The molecule has 250 valence electrons. The molecule has 3 aromatic carbocycles. The Morgan fingerprint density at radius 2 is 1.88 bits per heavy atom. The van der Waals surface area contributed by atoms with Crippen LogP contribution < -0.4 is 15.0 Å². The van der Waals surface area contributed by atoms with E-state index in [1.54, 1.807) is 34.8 Å². The van der Waals surface area contributed by atoms with Gasteiger partial charge in [-0.1, -0.05) is 41.9 Å². The third kappa shape index (κ3) is 8.55. The Kier molecular flexibility index (Phi) is 11.4. The van der Waals surface area contributed by atoms with Gasteiger partial charge < -0.3 is 25.2 Å². The van der Waals surface area contributed by atoms with Gasteiger partial charge in [0.2, 0.25) is 5.91 Å². The molecule has 0 saturated heterocycles. The van der Waals surface area contributed by atoms with Gasteiger partial charge in [-0.15, -0.1) is 11.8 Å². The topological polar surface area (TPSA) is 151 Å². The van der Waals surface area contributed by atoms with Crippen LogP contribution in [0.5, 0.6) is 5.75 Å². The van der Waals surface area contributed by atoms with Gasteiger partial charge >= 0.3 is 11.9 Å². The highest BCUT2D eigenvalue weighted by atomic mass is 35.5.